The van der Waals surface area contributed by atoms with E-state index in [0.29, 0.717) is 11.0 Å². The van der Waals surface area contributed by atoms with Crippen LogP contribution in [0.4, 0.5) is 5.69 Å². The Labute approximate surface area is 158 Å². The Hall–Kier alpha value is -1.40. The maximum Gasteiger partial charge on any atom is 0.170 e. The van der Waals surface area contributed by atoms with Gasteiger partial charge in [-0.25, -0.2) is 0 Å². The Morgan fingerprint density at radius 3 is 2.46 bits per heavy atom. The number of aryl methyl sites for hydroxylation is 2. The lowest BCUT2D eigenvalue weighted by Crippen LogP contribution is -2.29. The second-order valence-corrected chi connectivity index (χ2v) is 7.42. The third-order valence-corrected chi connectivity index (χ3v) is 5.35. The fourth-order valence-electron chi connectivity index (χ4n) is 2.45. The number of hydrogen-bond acceptors (Lipinski definition) is 2. The molecule has 1 aromatic carbocycles. The predicted octanol–water partition coefficient (Wildman–Crippen LogP) is 4.76. The number of thiocarbonyl (C=S) groups is 1. The summed E-state index contributed by atoms with van der Waals surface area (Å²) in [4.78, 5) is 0. The molecule has 0 aliphatic rings. The van der Waals surface area contributed by atoms with E-state index in [0.717, 1.165) is 35.4 Å². The molecule has 2 rings (SSSR count). The number of nitrogens with zero attached hydrogens (tertiary/aromatic N) is 2. The minimum absolute atomic E-state index is 0.540. The monoisotopic (exact) mass is 408 g/mol. The molecule has 0 bridgehead atoms. The zero-order chi connectivity index (χ0) is 17.7. The van der Waals surface area contributed by atoms with Gasteiger partial charge >= 0.3 is 0 Å². The van der Waals surface area contributed by atoms with Crippen molar-refractivity contribution in [3.63, 3.8) is 0 Å². The summed E-state index contributed by atoms with van der Waals surface area (Å²) in [6, 6.07) is 8.40. The molecular formula is C18H25BrN4S. The quantitative estimate of drug-likeness (QED) is 0.533. The molecular weight excluding hydrogens is 384 g/mol. The number of hydrogen-bond donors (Lipinski definition) is 2. The van der Waals surface area contributed by atoms with Crippen molar-refractivity contribution in [1.82, 2.24) is 15.1 Å². The molecule has 0 saturated carbocycles. The summed E-state index contributed by atoms with van der Waals surface area (Å²) < 4.78 is 3.12. The van der Waals surface area contributed by atoms with Crippen molar-refractivity contribution in [2.45, 2.75) is 46.6 Å². The molecule has 0 saturated heterocycles. The van der Waals surface area contributed by atoms with E-state index < -0.39 is 0 Å². The van der Waals surface area contributed by atoms with Gasteiger partial charge < -0.3 is 10.6 Å². The van der Waals surface area contributed by atoms with E-state index in [2.05, 4.69) is 76.7 Å². The second-order valence-electron chi connectivity index (χ2n) is 6.22. The molecule has 0 unspecified atom stereocenters. The van der Waals surface area contributed by atoms with Crippen LogP contribution in [0.3, 0.4) is 0 Å². The maximum atomic E-state index is 5.35. The Morgan fingerprint density at radius 1 is 1.25 bits per heavy atom. The summed E-state index contributed by atoms with van der Waals surface area (Å²) in [5.74, 6) is 0.540. The fraction of sp³-hybridized carbons (Fsp3) is 0.444. The molecule has 2 aromatic rings. The number of nitrogens with one attached hydrogen (secondary N) is 2. The molecule has 0 atom stereocenters. The summed E-state index contributed by atoms with van der Waals surface area (Å²) in [5, 5.41) is 11.6. The Morgan fingerprint density at radius 2 is 1.92 bits per heavy atom. The molecule has 0 radical (unpaired) electrons. The van der Waals surface area contributed by atoms with Crippen LogP contribution in [0.2, 0.25) is 0 Å². The van der Waals surface area contributed by atoms with Gasteiger partial charge in [0.25, 0.3) is 0 Å². The van der Waals surface area contributed by atoms with E-state index >= 15 is 0 Å². The SMILES string of the molecule is Cc1nn(CCCNC(=S)Nc2ccc(C(C)C)cc2)c(C)c1Br. The third-order valence-electron chi connectivity index (χ3n) is 3.96. The molecule has 2 N–H and O–H groups in total. The first kappa shape index (κ1) is 18.9. The lowest BCUT2D eigenvalue weighted by atomic mass is 10.0. The first-order valence-electron chi connectivity index (χ1n) is 8.22. The van der Waals surface area contributed by atoms with Crippen LogP contribution >= 0.6 is 28.1 Å². The normalized spacial score (nSPS) is 10.9. The van der Waals surface area contributed by atoms with Crippen LogP contribution in [0.5, 0.6) is 0 Å². The smallest absolute Gasteiger partial charge is 0.170 e. The van der Waals surface area contributed by atoms with Crippen LogP contribution in [0.1, 0.15) is 43.1 Å². The summed E-state index contributed by atoms with van der Waals surface area (Å²) in [6.45, 7) is 10.1. The minimum Gasteiger partial charge on any atom is -0.362 e. The molecule has 6 heteroatoms. The molecule has 0 aliphatic carbocycles. The molecule has 1 aromatic heterocycles. The summed E-state index contributed by atoms with van der Waals surface area (Å²) in [6.07, 6.45) is 0.961. The predicted molar refractivity (Wildman–Crippen MR) is 109 cm³/mol. The van der Waals surface area contributed by atoms with Gasteiger partial charge in [-0.05, 0) is 72.0 Å². The first-order chi connectivity index (χ1) is 11.4. The van der Waals surface area contributed by atoms with Gasteiger partial charge in [0.2, 0.25) is 0 Å². The number of anilines is 1. The molecule has 0 fully saturated rings. The zero-order valence-electron chi connectivity index (χ0n) is 14.7. The van der Waals surface area contributed by atoms with E-state index in [1.54, 1.807) is 0 Å². The molecule has 24 heavy (non-hydrogen) atoms. The van der Waals surface area contributed by atoms with Crippen LogP contribution in [0.15, 0.2) is 28.7 Å². The Bertz CT molecular complexity index is 692. The van der Waals surface area contributed by atoms with Crippen molar-refractivity contribution in [1.29, 1.82) is 0 Å². The lowest BCUT2D eigenvalue weighted by Gasteiger charge is -2.12. The van der Waals surface area contributed by atoms with Gasteiger partial charge in [-0.1, -0.05) is 26.0 Å². The fourth-order valence-corrected chi connectivity index (χ4v) is 2.95. The van der Waals surface area contributed by atoms with Crippen LogP contribution in [-0.4, -0.2) is 21.4 Å². The van der Waals surface area contributed by atoms with E-state index in [4.69, 9.17) is 12.2 Å². The van der Waals surface area contributed by atoms with Crippen LogP contribution in [-0.2, 0) is 6.54 Å². The van der Waals surface area contributed by atoms with Crippen molar-refractivity contribution >= 4 is 38.9 Å². The van der Waals surface area contributed by atoms with E-state index in [9.17, 15) is 0 Å². The topological polar surface area (TPSA) is 41.9 Å². The summed E-state index contributed by atoms with van der Waals surface area (Å²) in [7, 11) is 0. The molecule has 0 spiro atoms. The minimum atomic E-state index is 0.540. The number of rotatable bonds is 6. The molecule has 1 heterocycles. The van der Waals surface area contributed by atoms with Crippen LogP contribution in [0, 0.1) is 13.8 Å². The highest BCUT2D eigenvalue weighted by atomic mass is 79.9. The van der Waals surface area contributed by atoms with Crippen molar-refractivity contribution in [3.05, 3.63) is 45.7 Å². The Balaban J connectivity index is 1.74. The summed E-state index contributed by atoms with van der Waals surface area (Å²) in [5.41, 5.74) is 4.54. The van der Waals surface area contributed by atoms with Gasteiger partial charge in [-0.3, -0.25) is 4.68 Å². The third kappa shape index (κ3) is 5.05. The van der Waals surface area contributed by atoms with Crippen molar-refractivity contribution in [3.8, 4) is 0 Å². The standard InChI is InChI=1S/C18H25BrN4S/c1-12(2)15-6-8-16(9-7-15)21-18(24)20-10-5-11-23-14(4)17(19)13(3)22-23/h6-9,12H,5,10-11H2,1-4H3,(H2,20,21,24). The first-order valence-corrected chi connectivity index (χ1v) is 9.43. The largest absolute Gasteiger partial charge is 0.362 e. The number of benzene rings is 1. The van der Waals surface area contributed by atoms with Gasteiger partial charge in [0.1, 0.15) is 0 Å². The van der Waals surface area contributed by atoms with E-state index in [1.165, 1.54) is 11.3 Å². The molecule has 0 amide bonds. The second kappa shape index (κ2) is 8.62. The number of aromatic nitrogens is 2. The zero-order valence-corrected chi connectivity index (χ0v) is 17.1. The van der Waals surface area contributed by atoms with Crippen LogP contribution in [0.25, 0.3) is 0 Å². The van der Waals surface area contributed by atoms with E-state index in [1.807, 2.05) is 11.6 Å². The van der Waals surface area contributed by atoms with Crippen molar-refractivity contribution < 1.29 is 0 Å². The van der Waals surface area contributed by atoms with E-state index in [-0.39, 0.29) is 0 Å². The van der Waals surface area contributed by atoms with Crippen molar-refractivity contribution in [2.24, 2.45) is 0 Å². The van der Waals surface area contributed by atoms with Gasteiger partial charge in [-0.2, -0.15) is 5.10 Å². The lowest BCUT2D eigenvalue weighted by molar-refractivity contribution is 0.558. The Kier molecular flexibility index (Phi) is 6.80. The van der Waals surface area contributed by atoms with Crippen molar-refractivity contribution in [2.75, 3.05) is 11.9 Å². The maximum absolute atomic E-state index is 5.35. The molecule has 130 valence electrons. The van der Waals surface area contributed by atoms with Gasteiger partial charge in [0, 0.05) is 24.5 Å². The summed E-state index contributed by atoms with van der Waals surface area (Å²) >= 11 is 8.90. The van der Waals surface area contributed by atoms with Gasteiger partial charge in [0.05, 0.1) is 10.2 Å². The highest BCUT2D eigenvalue weighted by Crippen LogP contribution is 2.20. The van der Waals surface area contributed by atoms with Gasteiger partial charge in [-0.15, -0.1) is 0 Å². The average molecular weight is 409 g/mol. The number of halogens is 1. The van der Waals surface area contributed by atoms with Gasteiger partial charge in [0.15, 0.2) is 5.11 Å². The van der Waals surface area contributed by atoms with Crippen LogP contribution < -0.4 is 10.6 Å². The highest BCUT2D eigenvalue weighted by Gasteiger charge is 2.08. The highest BCUT2D eigenvalue weighted by molar-refractivity contribution is 9.10. The molecule has 4 nitrogen and oxygen atoms in total. The molecule has 0 aliphatic heterocycles. The average Bonchev–Trinajstić information content (AvgIpc) is 2.79.